The summed E-state index contributed by atoms with van der Waals surface area (Å²) in [5, 5.41) is 5.64. The van der Waals surface area contributed by atoms with Crippen molar-refractivity contribution in [2.75, 3.05) is 6.61 Å². The zero-order valence-corrected chi connectivity index (χ0v) is 21.3. The van der Waals surface area contributed by atoms with E-state index in [0.29, 0.717) is 12.6 Å². The number of amides is 1. The van der Waals surface area contributed by atoms with E-state index in [1.165, 1.54) is 12.8 Å². The van der Waals surface area contributed by atoms with Gasteiger partial charge in [-0.2, -0.15) is 5.10 Å². The third-order valence-electron chi connectivity index (χ3n) is 6.93. The third kappa shape index (κ3) is 5.19. The number of aromatic nitrogens is 5. The van der Waals surface area contributed by atoms with Crippen LogP contribution >= 0.6 is 0 Å². The Hall–Kier alpha value is -2.52. The van der Waals surface area contributed by atoms with Gasteiger partial charge in [0.2, 0.25) is 5.91 Å². The first-order valence-corrected chi connectivity index (χ1v) is 15.6. The lowest BCUT2D eigenvalue weighted by atomic mass is 9.81. The molecule has 0 aliphatic heterocycles. The highest BCUT2D eigenvalue weighted by atomic mass is 28.3. The fourth-order valence-corrected chi connectivity index (χ4v) is 5.67. The second-order valence-corrected chi connectivity index (χ2v) is 16.4. The van der Waals surface area contributed by atoms with E-state index in [1.54, 1.807) is 6.33 Å². The minimum Gasteiger partial charge on any atom is -0.370 e. The molecule has 0 bridgehead atoms. The average Bonchev–Trinajstić information content (AvgIpc) is 3.51. The standard InChI is InChI=1S/C24H36N6O2Si/c1-24(13-21(25)31,19-7-5-6-8-19)30-15-18(14-28-30)22-20-9-10-29(23(20)27-16-26-22)17-32-11-12-33(2,3)4/h9-10,14-16,19H,5-8,11-13,17H2,1-4H3,(H2,25,31). The van der Waals surface area contributed by atoms with Gasteiger partial charge in [0.25, 0.3) is 0 Å². The van der Waals surface area contributed by atoms with Gasteiger partial charge in [-0.05, 0) is 37.8 Å². The van der Waals surface area contributed by atoms with Gasteiger partial charge in [0.05, 0.1) is 23.9 Å². The monoisotopic (exact) mass is 468 g/mol. The molecule has 1 fully saturated rings. The van der Waals surface area contributed by atoms with Crippen molar-refractivity contribution in [3.63, 3.8) is 0 Å². The van der Waals surface area contributed by atoms with Gasteiger partial charge in [-0.1, -0.05) is 32.5 Å². The summed E-state index contributed by atoms with van der Waals surface area (Å²) in [6.07, 6.45) is 12.3. The van der Waals surface area contributed by atoms with Crippen LogP contribution in [0.5, 0.6) is 0 Å². The van der Waals surface area contributed by atoms with Crippen molar-refractivity contribution >= 4 is 25.0 Å². The summed E-state index contributed by atoms with van der Waals surface area (Å²) < 4.78 is 9.88. The zero-order chi connectivity index (χ0) is 23.6. The predicted octanol–water partition coefficient (Wildman–Crippen LogP) is 4.39. The topological polar surface area (TPSA) is 101 Å². The first kappa shape index (κ1) is 23.6. The molecule has 0 radical (unpaired) electrons. The smallest absolute Gasteiger partial charge is 0.219 e. The second kappa shape index (κ2) is 9.38. The number of hydrogen-bond acceptors (Lipinski definition) is 5. The summed E-state index contributed by atoms with van der Waals surface area (Å²) in [6, 6.07) is 3.17. The van der Waals surface area contributed by atoms with Crippen LogP contribution in [0.25, 0.3) is 22.3 Å². The Morgan fingerprint density at radius 2 is 2.03 bits per heavy atom. The quantitative estimate of drug-likeness (QED) is 0.351. The van der Waals surface area contributed by atoms with E-state index in [9.17, 15) is 4.79 Å². The van der Waals surface area contributed by atoms with E-state index in [0.717, 1.165) is 47.8 Å². The largest absolute Gasteiger partial charge is 0.370 e. The number of primary amides is 1. The lowest BCUT2D eigenvalue weighted by Gasteiger charge is -2.35. The molecule has 0 saturated heterocycles. The van der Waals surface area contributed by atoms with Gasteiger partial charge in [0.15, 0.2) is 0 Å². The molecule has 3 aromatic heterocycles. The van der Waals surface area contributed by atoms with Crippen LogP contribution in [0.3, 0.4) is 0 Å². The summed E-state index contributed by atoms with van der Waals surface area (Å²) in [7, 11) is -1.12. The molecule has 1 aliphatic rings. The summed E-state index contributed by atoms with van der Waals surface area (Å²) in [6.45, 7) is 10.4. The average molecular weight is 469 g/mol. The van der Waals surface area contributed by atoms with E-state index < -0.39 is 13.6 Å². The number of carbonyl (C=O) groups is 1. The molecule has 0 spiro atoms. The second-order valence-electron chi connectivity index (χ2n) is 10.7. The molecule has 9 heteroatoms. The van der Waals surface area contributed by atoms with Crippen LogP contribution in [0.4, 0.5) is 0 Å². The van der Waals surface area contributed by atoms with Crippen molar-refractivity contribution in [2.45, 2.75) is 77.0 Å². The Morgan fingerprint density at radius 3 is 2.73 bits per heavy atom. The number of rotatable bonds is 10. The molecular weight excluding hydrogens is 432 g/mol. The van der Waals surface area contributed by atoms with Crippen molar-refractivity contribution in [1.29, 1.82) is 0 Å². The van der Waals surface area contributed by atoms with Crippen molar-refractivity contribution in [2.24, 2.45) is 11.7 Å². The normalized spacial score (nSPS) is 17.0. The van der Waals surface area contributed by atoms with Crippen LogP contribution in [-0.2, 0) is 21.8 Å². The number of hydrogen-bond donors (Lipinski definition) is 1. The molecule has 1 amide bonds. The van der Waals surface area contributed by atoms with Gasteiger partial charge < -0.3 is 15.0 Å². The van der Waals surface area contributed by atoms with Crippen molar-refractivity contribution in [3.8, 4) is 11.3 Å². The fourth-order valence-electron chi connectivity index (χ4n) is 4.92. The zero-order valence-electron chi connectivity index (χ0n) is 20.3. The molecule has 3 heterocycles. The lowest BCUT2D eigenvalue weighted by Crippen LogP contribution is -2.41. The van der Waals surface area contributed by atoms with Crippen LogP contribution < -0.4 is 5.73 Å². The minimum absolute atomic E-state index is 0.281. The first-order valence-electron chi connectivity index (χ1n) is 11.9. The highest BCUT2D eigenvalue weighted by Crippen LogP contribution is 2.41. The van der Waals surface area contributed by atoms with Gasteiger partial charge in [-0.25, -0.2) is 9.97 Å². The summed E-state index contributed by atoms with van der Waals surface area (Å²) in [4.78, 5) is 21.0. The van der Waals surface area contributed by atoms with E-state index in [2.05, 4.69) is 41.6 Å². The van der Waals surface area contributed by atoms with Crippen LogP contribution in [0.1, 0.15) is 39.0 Å². The molecule has 2 N–H and O–H groups in total. The number of carbonyl (C=O) groups excluding carboxylic acids is 1. The summed E-state index contributed by atoms with van der Waals surface area (Å²) in [5.41, 5.74) is 7.80. The number of nitrogens with two attached hydrogens (primary N) is 1. The summed E-state index contributed by atoms with van der Waals surface area (Å²) >= 11 is 0. The van der Waals surface area contributed by atoms with Crippen LogP contribution in [0.2, 0.25) is 25.7 Å². The molecule has 1 unspecified atom stereocenters. The number of nitrogens with zero attached hydrogens (tertiary/aromatic N) is 5. The first-order chi connectivity index (χ1) is 15.7. The van der Waals surface area contributed by atoms with Crippen molar-refractivity contribution in [3.05, 3.63) is 31.0 Å². The molecule has 1 aliphatic carbocycles. The highest BCUT2D eigenvalue weighted by molar-refractivity contribution is 6.76. The Kier molecular flexibility index (Phi) is 6.72. The van der Waals surface area contributed by atoms with E-state index >= 15 is 0 Å². The maximum Gasteiger partial charge on any atom is 0.219 e. The summed E-state index contributed by atoms with van der Waals surface area (Å²) in [5.74, 6) is 0.0923. The maximum atomic E-state index is 11.9. The fraction of sp³-hybridized carbons (Fsp3) is 0.583. The Labute approximate surface area is 196 Å². The number of ether oxygens (including phenoxy) is 1. The molecule has 33 heavy (non-hydrogen) atoms. The molecule has 3 aromatic rings. The van der Waals surface area contributed by atoms with Gasteiger partial charge in [-0.15, -0.1) is 0 Å². The van der Waals surface area contributed by atoms with Crippen LogP contribution in [-0.4, -0.2) is 44.9 Å². The van der Waals surface area contributed by atoms with E-state index in [1.807, 2.05) is 33.9 Å². The van der Waals surface area contributed by atoms with Gasteiger partial charge in [0.1, 0.15) is 18.7 Å². The molecule has 4 rings (SSSR count). The van der Waals surface area contributed by atoms with Gasteiger partial charge in [-0.3, -0.25) is 9.48 Å². The molecule has 0 aromatic carbocycles. The van der Waals surface area contributed by atoms with Crippen molar-refractivity contribution < 1.29 is 9.53 Å². The SMILES string of the molecule is CC(CC(N)=O)(C1CCCC1)n1cc(-c2ncnc3c2ccn3COCC[Si](C)(C)C)cn1. The van der Waals surface area contributed by atoms with Gasteiger partial charge >= 0.3 is 0 Å². The predicted molar refractivity (Wildman–Crippen MR) is 132 cm³/mol. The highest BCUT2D eigenvalue weighted by Gasteiger charge is 2.39. The maximum absolute atomic E-state index is 11.9. The molecule has 8 nitrogen and oxygen atoms in total. The van der Waals surface area contributed by atoms with Crippen LogP contribution in [0.15, 0.2) is 31.0 Å². The van der Waals surface area contributed by atoms with Gasteiger partial charge in [0, 0.05) is 38.0 Å². The molecular formula is C24H36N6O2Si. The van der Waals surface area contributed by atoms with E-state index in [4.69, 9.17) is 10.5 Å². The molecule has 1 atom stereocenters. The Balaban J connectivity index is 1.58. The minimum atomic E-state index is -1.12. The molecule has 1 saturated carbocycles. The third-order valence-corrected chi connectivity index (χ3v) is 8.63. The Bertz CT molecular complexity index is 1110. The van der Waals surface area contributed by atoms with Crippen LogP contribution in [0, 0.1) is 5.92 Å². The van der Waals surface area contributed by atoms with Crippen molar-refractivity contribution in [1.82, 2.24) is 24.3 Å². The Morgan fingerprint density at radius 1 is 1.27 bits per heavy atom. The number of fused-ring (bicyclic) bond motifs is 1. The molecule has 178 valence electrons. The lowest BCUT2D eigenvalue weighted by molar-refractivity contribution is -0.120. The van der Waals surface area contributed by atoms with E-state index in [-0.39, 0.29) is 12.3 Å².